The Balaban J connectivity index is 1.73. The molecule has 0 bridgehead atoms. The van der Waals surface area contributed by atoms with Gasteiger partial charge in [0.2, 0.25) is 5.91 Å². The number of amides is 1. The summed E-state index contributed by atoms with van der Waals surface area (Å²) in [6.07, 6.45) is 0.111. The molecule has 148 valence electrons. The Morgan fingerprint density at radius 1 is 1.03 bits per heavy atom. The molecular formula is C21H18FN3O4. The monoisotopic (exact) mass is 395 g/mol. The largest absolute Gasteiger partial charge is 0.480 e. The quantitative estimate of drug-likeness (QED) is 0.636. The Kier molecular flexibility index (Phi) is 6.13. The van der Waals surface area contributed by atoms with Gasteiger partial charge in [0.05, 0.1) is 5.69 Å². The molecule has 1 heterocycles. The number of hydrogen-bond acceptors (Lipinski definition) is 4. The zero-order chi connectivity index (χ0) is 20.8. The van der Waals surface area contributed by atoms with Crippen LogP contribution in [0.2, 0.25) is 0 Å². The van der Waals surface area contributed by atoms with E-state index in [0.29, 0.717) is 11.3 Å². The molecule has 3 rings (SSSR count). The number of nitrogens with zero attached hydrogens (tertiary/aromatic N) is 2. The number of carboxylic acid groups (broad SMARTS) is 1. The fraction of sp³-hybridized carbons (Fsp3) is 0.143. The van der Waals surface area contributed by atoms with E-state index in [9.17, 15) is 23.9 Å². The molecule has 1 unspecified atom stereocenters. The average molecular weight is 395 g/mol. The molecule has 0 aliphatic heterocycles. The van der Waals surface area contributed by atoms with Crippen molar-refractivity contribution in [2.24, 2.45) is 0 Å². The summed E-state index contributed by atoms with van der Waals surface area (Å²) < 4.78 is 14.0. The highest BCUT2D eigenvalue weighted by molar-refractivity contribution is 5.83. The molecule has 1 aromatic heterocycles. The van der Waals surface area contributed by atoms with Gasteiger partial charge in [0.1, 0.15) is 18.4 Å². The highest BCUT2D eigenvalue weighted by Crippen LogP contribution is 2.15. The lowest BCUT2D eigenvalue weighted by Crippen LogP contribution is -2.44. The number of aromatic nitrogens is 2. The van der Waals surface area contributed by atoms with E-state index in [-0.39, 0.29) is 6.42 Å². The molecule has 0 saturated carbocycles. The SMILES string of the molecule is O=C(Cn1nc(-c2ccc(F)cc2)ccc1=O)NC(Cc1ccccc1)C(=O)O. The van der Waals surface area contributed by atoms with Gasteiger partial charge in [-0.25, -0.2) is 13.9 Å². The Bertz CT molecular complexity index is 1070. The van der Waals surface area contributed by atoms with Crippen molar-refractivity contribution < 1.29 is 19.1 Å². The molecule has 0 radical (unpaired) electrons. The summed E-state index contributed by atoms with van der Waals surface area (Å²) >= 11 is 0. The maximum atomic E-state index is 13.1. The van der Waals surface area contributed by atoms with Crippen molar-refractivity contribution >= 4 is 11.9 Å². The Labute approximate surface area is 165 Å². The predicted molar refractivity (Wildman–Crippen MR) is 104 cm³/mol. The second-order valence-electron chi connectivity index (χ2n) is 6.37. The molecule has 7 nitrogen and oxygen atoms in total. The Morgan fingerprint density at radius 3 is 2.38 bits per heavy atom. The van der Waals surface area contributed by atoms with Gasteiger partial charge in [0.15, 0.2) is 0 Å². The van der Waals surface area contributed by atoms with Crippen molar-refractivity contribution in [3.63, 3.8) is 0 Å². The fourth-order valence-electron chi connectivity index (χ4n) is 2.76. The van der Waals surface area contributed by atoms with Crippen LogP contribution in [0.5, 0.6) is 0 Å². The number of aliphatic carboxylic acids is 1. The highest BCUT2D eigenvalue weighted by atomic mass is 19.1. The number of carbonyl (C=O) groups excluding carboxylic acids is 1. The predicted octanol–water partition coefficient (Wildman–Crippen LogP) is 1.86. The van der Waals surface area contributed by atoms with Crippen LogP contribution in [0.4, 0.5) is 4.39 Å². The Morgan fingerprint density at radius 2 is 1.72 bits per heavy atom. The number of carboxylic acids is 1. The molecule has 29 heavy (non-hydrogen) atoms. The summed E-state index contributed by atoms with van der Waals surface area (Å²) in [4.78, 5) is 35.9. The number of hydrogen-bond donors (Lipinski definition) is 2. The van der Waals surface area contributed by atoms with E-state index < -0.39 is 35.8 Å². The van der Waals surface area contributed by atoms with Crippen LogP contribution < -0.4 is 10.9 Å². The van der Waals surface area contributed by atoms with E-state index in [0.717, 1.165) is 10.2 Å². The minimum absolute atomic E-state index is 0.111. The van der Waals surface area contributed by atoms with Crippen LogP contribution in [0.25, 0.3) is 11.3 Å². The van der Waals surface area contributed by atoms with E-state index in [1.807, 2.05) is 6.07 Å². The summed E-state index contributed by atoms with van der Waals surface area (Å²) in [6, 6.07) is 16.0. The fourth-order valence-corrected chi connectivity index (χ4v) is 2.76. The van der Waals surface area contributed by atoms with Crippen molar-refractivity contribution in [1.29, 1.82) is 0 Å². The maximum absolute atomic E-state index is 13.1. The van der Waals surface area contributed by atoms with Gasteiger partial charge in [-0.3, -0.25) is 9.59 Å². The smallest absolute Gasteiger partial charge is 0.326 e. The molecular weight excluding hydrogens is 377 g/mol. The van der Waals surface area contributed by atoms with Gasteiger partial charge < -0.3 is 10.4 Å². The zero-order valence-corrected chi connectivity index (χ0v) is 15.3. The van der Waals surface area contributed by atoms with Crippen molar-refractivity contribution in [2.75, 3.05) is 0 Å². The second-order valence-corrected chi connectivity index (χ2v) is 6.37. The van der Waals surface area contributed by atoms with Gasteiger partial charge in [0, 0.05) is 18.1 Å². The first-order valence-corrected chi connectivity index (χ1v) is 8.82. The van der Waals surface area contributed by atoms with Gasteiger partial charge in [-0.1, -0.05) is 30.3 Å². The molecule has 1 amide bonds. The third-order valence-electron chi connectivity index (χ3n) is 4.22. The molecule has 0 fully saturated rings. The van der Waals surface area contributed by atoms with Crippen LogP contribution in [0.15, 0.2) is 71.5 Å². The van der Waals surface area contributed by atoms with Crippen LogP contribution >= 0.6 is 0 Å². The third kappa shape index (κ3) is 5.35. The highest BCUT2D eigenvalue weighted by Gasteiger charge is 2.21. The van der Waals surface area contributed by atoms with Crippen LogP contribution in [-0.2, 0) is 22.6 Å². The third-order valence-corrected chi connectivity index (χ3v) is 4.22. The standard InChI is InChI=1S/C21H18FN3O4/c22-16-8-6-15(7-9-16)17-10-11-20(27)25(24-17)13-19(26)23-18(21(28)29)12-14-4-2-1-3-5-14/h1-11,18H,12-13H2,(H,23,26)(H,28,29). The maximum Gasteiger partial charge on any atom is 0.326 e. The van der Waals surface area contributed by atoms with Crippen LogP contribution in [0.1, 0.15) is 5.56 Å². The summed E-state index contributed by atoms with van der Waals surface area (Å²) in [5.41, 5.74) is 1.21. The molecule has 2 N–H and O–H groups in total. The minimum atomic E-state index is -1.18. The molecule has 0 saturated heterocycles. The lowest BCUT2D eigenvalue weighted by molar-refractivity contribution is -0.141. The number of benzene rings is 2. The van der Waals surface area contributed by atoms with E-state index in [1.54, 1.807) is 24.3 Å². The molecule has 3 aromatic rings. The van der Waals surface area contributed by atoms with E-state index in [4.69, 9.17) is 0 Å². The van der Waals surface area contributed by atoms with Crippen LogP contribution in [-0.4, -0.2) is 32.8 Å². The zero-order valence-electron chi connectivity index (χ0n) is 15.3. The van der Waals surface area contributed by atoms with Gasteiger partial charge in [-0.2, -0.15) is 5.10 Å². The van der Waals surface area contributed by atoms with E-state index in [2.05, 4.69) is 10.4 Å². The van der Waals surface area contributed by atoms with Crippen LogP contribution in [0, 0.1) is 5.82 Å². The first-order chi connectivity index (χ1) is 13.9. The molecule has 0 spiro atoms. The van der Waals surface area contributed by atoms with Crippen molar-refractivity contribution in [2.45, 2.75) is 19.0 Å². The van der Waals surface area contributed by atoms with Gasteiger partial charge in [0.25, 0.3) is 5.56 Å². The molecule has 0 aliphatic rings. The van der Waals surface area contributed by atoms with Crippen molar-refractivity contribution in [3.8, 4) is 11.3 Å². The molecule has 0 aliphatic carbocycles. The van der Waals surface area contributed by atoms with E-state index in [1.165, 1.54) is 36.4 Å². The number of halogens is 1. The van der Waals surface area contributed by atoms with Crippen molar-refractivity contribution in [1.82, 2.24) is 15.1 Å². The lowest BCUT2D eigenvalue weighted by Gasteiger charge is -2.15. The normalized spacial score (nSPS) is 11.6. The molecule has 2 aromatic carbocycles. The summed E-state index contributed by atoms with van der Waals surface area (Å²) in [5, 5.41) is 15.9. The van der Waals surface area contributed by atoms with Crippen LogP contribution in [0.3, 0.4) is 0 Å². The van der Waals surface area contributed by atoms with Gasteiger partial charge in [-0.05, 0) is 35.9 Å². The minimum Gasteiger partial charge on any atom is -0.480 e. The number of nitrogens with one attached hydrogen (secondary N) is 1. The van der Waals surface area contributed by atoms with Gasteiger partial charge in [-0.15, -0.1) is 0 Å². The first-order valence-electron chi connectivity index (χ1n) is 8.82. The molecule has 1 atom stereocenters. The molecule has 8 heteroatoms. The lowest BCUT2D eigenvalue weighted by atomic mass is 10.1. The first kappa shape index (κ1) is 19.9. The number of rotatable bonds is 7. The summed E-state index contributed by atoms with van der Waals surface area (Å²) in [5.74, 6) is -2.23. The number of carbonyl (C=O) groups is 2. The second kappa shape index (κ2) is 8.92. The average Bonchev–Trinajstić information content (AvgIpc) is 2.70. The topological polar surface area (TPSA) is 101 Å². The summed E-state index contributed by atoms with van der Waals surface area (Å²) in [6.45, 7) is -0.438. The van der Waals surface area contributed by atoms with E-state index >= 15 is 0 Å². The Hall–Kier alpha value is -3.81. The van der Waals surface area contributed by atoms with Crippen molar-refractivity contribution in [3.05, 3.63) is 88.5 Å². The van der Waals surface area contributed by atoms with Gasteiger partial charge >= 0.3 is 5.97 Å². The summed E-state index contributed by atoms with van der Waals surface area (Å²) in [7, 11) is 0.